The SMILES string of the molecule is CCNC(=O)CN1C(=O)NC2(CCNC2)C1=O. The number of likely N-dealkylation sites (N-methyl/N-ethyl adjacent to an activating group) is 1. The van der Waals surface area contributed by atoms with Gasteiger partial charge in [-0.15, -0.1) is 0 Å². The molecule has 7 heteroatoms. The van der Waals surface area contributed by atoms with E-state index in [4.69, 9.17) is 0 Å². The third-order valence-corrected chi connectivity index (χ3v) is 3.08. The molecule has 0 radical (unpaired) electrons. The molecule has 0 bridgehead atoms. The van der Waals surface area contributed by atoms with Gasteiger partial charge in [0.15, 0.2) is 0 Å². The number of urea groups is 1. The fourth-order valence-electron chi connectivity index (χ4n) is 2.20. The maximum Gasteiger partial charge on any atom is 0.325 e. The standard InChI is InChI=1S/C10H16N4O3/c1-2-12-7(15)5-14-8(16)10(13-9(14)17)3-4-11-6-10/h11H,2-6H2,1H3,(H,12,15)(H,13,17). The summed E-state index contributed by atoms with van der Waals surface area (Å²) in [6, 6.07) is -0.482. The molecule has 0 aromatic rings. The summed E-state index contributed by atoms with van der Waals surface area (Å²) in [4.78, 5) is 36.2. The topological polar surface area (TPSA) is 90.5 Å². The van der Waals surface area contributed by atoms with E-state index in [1.807, 2.05) is 0 Å². The first-order valence-electron chi connectivity index (χ1n) is 5.70. The normalized spacial score (nSPS) is 27.7. The zero-order valence-corrected chi connectivity index (χ0v) is 9.71. The average molecular weight is 240 g/mol. The Hall–Kier alpha value is -1.63. The van der Waals surface area contributed by atoms with Crippen LogP contribution in [0, 0.1) is 0 Å². The molecule has 0 aromatic heterocycles. The van der Waals surface area contributed by atoms with Crippen molar-refractivity contribution in [3.05, 3.63) is 0 Å². The molecule has 0 saturated carbocycles. The largest absolute Gasteiger partial charge is 0.355 e. The maximum absolute atomic E-state index is 12.1. The van der Waals surface area contributed by atoms with Crippen molar-refractivity contribution in [1.29, 1.82) is 0 Å². The lowest BCUT2D eigenvalue weighted by Gasteiger charge is -2.18. The molecule has 0 aromatic carbocycles. The predicted octanol–water partition coefficient (Wildman–Crippen LogP) is -1.59. The first-order chi connectivity index (χ1) is 8.09. The van der Waals surface area contributed by atoms with Crippen molar-refractivity contribution < 1.29 is 14.4 Å². The summed E-state index contributed by atoms with van der Waals surface area (Å²) in [5, 5.41) is 8.28. The van der Waals surface area contributed by atoms with Crippen molar-refractivity contribution in [2.24, 2.45) is 0 Å². The van der Waals surface area contributed by atoms with Gasteiger partial charge in [0, 0.05) is 13.1 Å². The fraction of sp³-hybridized carbons (Fsp3) is 0.700. The summed E-state index contributed by atoms with van der Waals surface area (Å²) < 4.78 is 0. The van der Waals surface area contributed by atoms with Crippen molar-refractivity contribution in [2.45, 2.75) is 18.9 Å². The number of amides is 4. The zero-order valence-electron chi connectivity index (χ0n) is 9.71. The number of carbonyl (C=O) groups excluding carboxylic acids is 3. The Labute approximate surface area is 98.9 Å². The highest BCUT2D eigenvalue weighted by Crippen LogP contribution is 2.23. The van der Waals surface area contributed by atoms with Gasteiger partial charge in [-0.3, -0.25) is 14.5 Å². The van der Waals surface area contributed by atoms with Crippen molar-refractivity contribution in [3.8, 4) is 0 Å². The predicted molar refractivity (Wildman–Crippen MR) is 59.1 cm³/mol. The summed E-state index contributed by atoms with van der Waals surface area (Å²) in [5.74, 6) is -0.627. The van der Waals surface area contributed by atoms with Crippen LogP contribution in [0.4, 0.5) is 4.79 Å². The number of imide groups is 1. The molecule has 1 spiro atoms. The lowest BCUT2D eigenvalue weighted by Crippen LogP contribution is -2.49. The molecule has 17 heavy (non-hydrogen) atoms. The second-order valence-corrected chi connectivity index (χ2v) is 4.28. The van der Waals surface area contributed by atoms with E-state index in [0.29, 0.717) is 26.1 Å². The Morgan fingerprint density at radius 2 is 2.29 bits per heavy atom. The quantitative estimate of drug-likeness (QED) is 0.519. The number of rotatable bonds is 3. The van der Waals surface area contributed by atoms with E-state index in [1.54, 1.807) is 6.92 Å². The molecule has 1 atom stereocenters. The van der Waals surface area contributed by atoms with E-state index in [-0.39, 0.29) is 18.4 Å². The summed E-state index contributed by atoms with van der Waals surface area (Å²) in [5.41, 5.74) is -0.830. The van der Waals surface area contributed by atoms with E-state index in [0.717, 1.165) is 4.90 Å². The number of hydrogen-bond donors (Lipinski definition) is 3. The van der Waals surface area contributed by atoms with E-state index < -0.39 is 11.6 Å². The van der Waals surface area contributed by atoms with Gasteiger partial charge < -0.3 is 16.0 Å². The minimum atomic E-state index is -0.830. The molecule has 3 N–H and O–H groups in total. The number of nitrogens with zero attached hydrogens (tertiary/aromatic N) is 1. The number of carbonyl (C=O) groups is 3. The molecular weight excluding hydrogens is 224 g/mol. The Morgan fingerprint density at radius 3 is 2.88 bits per heavy atom. The maximum atomic E-state index is 12.1. The minimum Gasteiger partial charge on any atom is -0.355 e. The Kier molecular flexibility index (Phi) is 3.01. The van der Waals surface area contributed by atoms with Crippen molar-refractivity contribution >= 4 is 17.8 Å². The van der Waals surface area contributed by atoms with Crippen LogP contribution in [0.2, 0.25) is 0 Å². The van der Waals surface area contributed by atoms with Gasteiger partial charge in [-0.05, 0) is 19.9 Å². The van der Waals surface area contributed by atoms with Crippen LogP contribution < -0.4 is 16.0 Å². The monoisotopic (exact) mass is 240 g/mol. The molecule has 2 aliphatic rings. The van der Waals surface area contributed by atoms with Gasteiger partial charge in [0.05, 0.1) is 0 Å². The van der Waals surface area contributed by atoms with Crippen LogP contribution in [0.5, 0.6) is 0 Å². The second kappa shape index (κ2) is 4.33. The van der Waals surface area contributed by atoms with Crippen molar-refractivity contribution in [1.82, 2.24) is 20.9 Å². The first kappa shape index (κ1) is 11.8. The second-order valence-electron chi connectivity index (χ2n) is 4.28. The molecule has 94 valence electrons. The van der Waals surface area contributed by atoms with Crippen molar-refractivity contribution in [2.75, 3.05) is 26.2 Å². The minimum absolute atomic E-state index is 0.208. The highest BCUT2D eigenvalue weighted by molar-refractivity contribution is 6.09. The number of nitrogens with one attached hydrogen (secondary N) is 3. The van der Waals surface area contributed by atoms with Gasteiger partial charge in [-0.1, -0.05) is 0 Å². The van der Waals surface area contributed by atoms with E-state index in [2.05, 4.69) is 16.0 Å². The smallest absolute Gasteiger partial charge is 0.325 e. The van der Waals surface area contributed by atoms with Crippen LogP contribution in [0.1, 0.15) is 13.3 Å². The zero-order chi connectivity index (χ0) is 12.5. The van der Waals surface area contributed by atoms with Gasteiger partial charge in [0.25, 0.3) is 5.91 Å². The molecule has 7 nitrogen and oxygen atoms in total. The molecule has 1 unspecified atom stereocenters. The molecule has 2 aliphatic heterocycles. The summed E-state index contributed by atoms with van der Waals surface area (Å²) in [6.45, 7) is 3.19. The van der Waals surface area contributed by atoms with Gasteiger partial charge in [0.1, 0.15) is 12.1 Å². The highest BCUT2D eigenvalue weighted by Gasteiger charge is 2.52. The fourth-order valence-corrected chi connectivity index (χ4v) is 2.20. The van der Waals surface area contributed by atoms with Crippen LogP contribution in [0.25, 0.3) is 0 Å². The van der Waals surface area contributed by atoms with Crippen LogP contribution in [0.15, 0.2) is 0 Å². The van der Waals surface area contributed by atoms with Crippen LogP contribution in [0.3, 0.4) is 0 Å². The third-order valence-electron chi connectivity index (χ3n) is 3.08. The Bertz CT molecular complexity index is 363. The molecule has 2 heterocycles. The lowest BCUT2D eigenvalue weighted by molar-refractivity contribution is -0.134. The van der Waals surface area contributed by atoms with Gasteiger partial charge in [0.2, 0.25) is 5.91 Å². The van der Waals surface area contributed by atoms with Crippen molar-refractivity contribution in [3.63, 3.8) is 0 Å². The van der Waals surface area contributed by atoms with Crippen LogP contribution >= 0.6 is 0 Å². The van der Waals surface area contributed by atoms with Gasteiger partial charge >= 0.3 is 6.03 Å². The first-order valence-corrected chi connectivity index (χ1v) is 5.70. The molecule has 2 rings (SSSR count). The van der Waals surface area contributed by atoms with Crippen LogP contribution in [-0.2, 0) is 9.59 Å². The lowest BCUT2D eigenvalue weighted by atomic mass is 9.99. The summed E-state index contributed by atoms with van der Waals surface area (Å²) in [7, 11) is 0. The molecule has 2 fully saturated rings. The molecule has 2 saturated heterocycles. The molecule has 0 aliphatic carbocycles. The molecule has 4 amide bonds. The Morgan fingerprint density at radius 1 is 1.53 bits per heavy atom. The van der Waals surface area contributed by atoms with E-state index in [1.165, 1.54) is 0 Å². The summed E-state index contributed by atoms with van der Waals surface area (Å²) >= 11 is 0. The number of hydrogen-bond acceptors (Lipinski definition) is 4. The van der Waals surface area contributed by atoms with Crippen LogP contribution in [-0.4, -0.2) is 54.5 Å². The summed E-state index contributed by atoms with van der Waals surface area (Å²) in [6.07, 6.45) is 0.573. The Balaban J connectivity index is 2.06. The van der Waals surface area contributed by atoms with E-state index >= 15 is 0 Å². The molecular formula is C10H16N4O3. The van der Waals surface area contributed by atoms with Gasteiger partial charge in [-0.2, -0.15) is 0 Å². The van der Waals surface area contributed by atoms with Gasteiger partial charge in [-0.25, -0.2) is 4.79 Å². The third kappa shape index (κ3) is 1.97. The average Bonchev–Trinajstić information content (AvgIpc) is 2.82. The highest BCUT2D eigenvalue weighted by atomic mass is 16.2. The van der Waals surface area contributed by atoms with E-state index in [9.17, 15) is 14.4 Å².